The Morgan fingerprint density at radius 3 is 2.50 bits per heavy atom. The van der Waals surface area contributed by atoms with Crippen LogP contribution in [0.25, 0.3) is 11.3 Å². The molecular formula is C25H18N4O3S2. The third-order valence-corrected chi connectivity index (χ3v) is 8.17. The van der Waals surface area contributed by atoms with Crippen molar-refractivity contribution >= 4 is 38.1 Å². The van der Waals surface area contributed by atoms with Gasteiger partial charge in [-0.2, -0.15) is 5.26 Å². The van der Waals surface area contributed by atoms with Crippen molar-refractivity contribution in [3.63, 3.8) is 0 Å². The summed E-state index contributed by atoms with van der Waals surface area (Å²) in [6, 6.07) is 22.5. The molecular weight excluding hydrogens is 468 g/mol. The van der Waals surface area contributed by atoms with Crippen molar-refractivity contribution in [1.82, 2.24) is 4.98 Å². The van der Waals surface area contributed by atoms with Crippen LogP contribution >= 0.6 is 11.3 Å². The van der Waals surface area contributed by atoms with E-state index < -0.39 is 10.0 Å². The smallest absolute Gasteiger partial charge is 0.264 e. The molecule has 2 heterocycles. The number of carbonyl (C=O) groups excluding carboxylic acids is 1. The lowest BCUT2D eigenvalue weighted by Gasteiger charge is -2.19. The number of fused-ring (bicyclic) bond motifs is 1. The van der Waals surface area contributed by atoms with E-state index in [0.29, 0.717) is 40.6 Å². The SMILES string of the molecule is N#Cc1ccc(-c2csc(NC(=O)c3ccc(S(=O)(=O)N4CCc5ccccc54)cc3)n2)cc1. The zero-order chi connectivity index (χ0) is 23.7. The second-order valence-electron chi connectivity index (χ2n) is 7.66. The highest BCUT2D eigenvalue weighted by atomic mass is 32.2. The van der Waals surface area contributed by atoms with Crippen LogP contribution in [-0.2, 0) is 16.4 Å². The van der Waals surface area contributed by atoms with E-state index in [0.717, 1.165) is 11.1 Å². The average molecular weight is 487 g/mol. The number of sulfonamides is 1. The molecule has 0 fully saturated rings. The monoisotopic (exact) mass is 486 g/mol. The Kier molecular flexibility index (Phi) is 5.61. The molecule has 0 saturated carbocycles. The van der Waals surface area contributed by atoms with E-state index in [9.17, 15) is 13.2 Å². The van der Waals surface area contributed by atoms with Crippen LogP contribution in [0.3, 0.4) is 0 Å². The van der Waals surface area contributed by atoms with Gasteiger partial charge >= 0.3 is 0 Å². The number of benzene rings is 3. The molecule has 0 bridgehead atoms. The summed E-state index contributed by atoms with van der Waals surface area (Å²) in [5.74, 6) is -0.379. The number of amides is 1. The second kappa shape index (κ2) is 8.74. The van der Waals surface area contributed by atoms with Crippen molar-refractivity contribution in [3.8, 4) is 17.3 Å². The van der Waals surface area contributed by atoms with E-state index in [1.165, 1.54) is 39.9 Å². The predicted octanol–water partition coefficient (Wildman–Crippen LogP) is 4.69. The van der Waals surface area contributed by atoms with Crippen LogP contribution in [-0.4, -0.2) is 25.9 Å². The summed E-state index contributed by atoms with van der Waals surface area (Å²) in [5, 5.41) is 13.9. The van der Waals surface area contributed by atoms with E-state index >= 15 is 0 Å². The molecule has 0 saturated heterocycles. The molecule has 7 nitrogen and oxygen atoms in total. The van der Waals surface area contributed by atoms with Gasteiger partial charge in [0.05, 0.1) is 27.9 Å². The van der Waals surface area contributed by atoms with E-state index in [1.807, 2.05) is 29.6 Å². The molecule has 0 aliphatic carbocycles. The molecule has 1 amide bonds. The van der Waals surface area contributed by atoms with Crippen molar-refractivity contribution in [2.24, 2.45) is 0 Å². The zero-order valence-corrected chi connectivity index (χ0v) is 19.4. The Hall–Kier alpha value is -4.00. The van der Waals surface area contributed by atoms with Crippen LogP contribution in [0.1, 0.15) is 21.5 Å². The van der Waals surface area contributed by atoms with Gasteiger partial charge in [0.15, 0.2) is 5.13 Å². The first kappa shape index (κ1) is 21.8. The van der Waals surface area contributed by atoms with Crippen LogP contribution in [0.15, 0.2) is 83.1 Å². The highest BCUT2D eigenvalue weighted by Crippen LogP contribution is 2.32. The van der Waals surface area contributed by atoms with Gasteiger partial charge in [-0.25, -0.2) is 13.4 Å². The second-order valence-corrected chi connectivity index (χ2v) is 10.4. The molecule has 168 valence electrons. The van der Waals surface area contributed by atoms with E-state index in [-0.39, 0.29) is 10.8 Å². The van der Waals surface area contributed by atoms with Gasteiger partial charge in [-0.1, -0.05) is 30.3 Å². The number of nitriles is 1. The highest BCUT2D eigenvalue weighted by Gasteiger charge is 2.30. The van der Waals surface area contributed by atoms with Crippen molar-refractivity contribution in [1.29, 1.82) is 5.26 Å². The molecule has 5 rings (SSSR count). The molecule has 0 unspecified atom stereocenters. The van der Waals surface area contributed by atoms with E-state index in [1.54, 1.807) is 24.3 Å². The summed E-state index contributed by atoms with van der Waals surface area (Å²) in [5.41, 5.74) is 4.13. The molecule has 1 aliphatic rings. The minimum Gasteiger partial charge on any atom is -0.298 e. The molecule has 4 aromatic rings. The third kappa shape index (κ3) is 4.05. The molecule has 0 radical (unpaired) electrons. The number of hydrogen-bond donors (Lipinski definition) is 1. The number of nitrogens with zero attached hydrogens (tertiary/aromatic N) is 3. The molecule has 1 N–H and O–H groups in total. The third-order valence-electron chi connectivity index (χ3n) is 5.58. The molecule has 0 atom stereocenters. The van der Waals surface area contributed by atoms with Gasteiger partial charge in [-0.15, -0.1) is 11.3 Å². The highest BCUT2D eigenvalue weighted by molar-refractivity contribution is 7.92. The molecule has 1 aromatic heterocycles. The number of para-hydroxylation sites is 1. The standard InChI is InChI=1S/C25H18N4O3S2/c26-15-17-5-7-18(8-6-17)22-16-33-25(27-22)28-24(30)20-9-11-21(12-10-20)34(31,32)29-14-13-19-3-1-2-4-23(19)29/h1-12,16H,13-14H2,(H,27,28,30). The van der Waals surface area contributed by atoms with Crippen molar-refractivity contribution in [2.45, 2.75) is 11.3 Å². The number of carbonyl (C=O) groups is 1. The fourth-order valence-corrected chi connectivity index (χ4v) is 6.03. The zero-order valence-electron chi connectivity index (χ0n) is 17.8. The van der Waals surface area contributed by atoms with Gasteiger partial charge in [0, 0.05) is 23.1 Å². The predicted molar refractivity (Wildman–Crippen MR) is 131 cm³/mol. The molecule has 3 aromatic carbocycles. The first-order valence-electron chi connectivity index (χ1n) is 10.4. The quantitative estimate of drug-likeness (QED) is 0.441. The fraction of sp³-hybridized carbons (Fsp3) is 0.0800. The summed E-state index contributed by atoms with van der Waals surface area (Å²) in [7, 11) is -3.71. The summed E-state index contributed by atoms with van der Waals surface area (Å²) in [4.78, 5) is 17.3. The first-order chi connectivity index (χ1) is 16.5. The number of hydrogen-bond acceptors (Lipinski definition) is 6. The van der Waals surface area contributed by atoms with Gasteiger partial charge in [0.1, 0.15) is 0 Å². The number of aromatic nitrogens is 1. The van der Waals surface area contributed by atoms with E-state index in [2.05, 4.69) is 16.4 Å². The summed E-state index contributed by atoms with van der Waals surface area (Å²) >= 11 is 1.28. The first-order valence-corrected chi connectivity index (χ1v) is 12.8. The van der Waals surface area contributed by atoms with Crippen LogP contribution in [0.5, 0.6) is 0 Å². The number of thiazole rings is 1. The maximum Gasteiger partial charge on any atom is 0.264 e. The van der Waals surface area contributed by atoms with Gasteiger partial charge in [-0.05, 0) is 54.4 Å². The molecule has 1 aliphatic heterocycles. The van der Waals surface area contributed by atoms with E-state index in [4.69, 9.17) is 5.26 Å². The van der Waals surface area contributed by atoms with Crippen LogP contribution in [0.4, 0.5) is 10.8 Å². The van der Waals surface area contributed by atoms with Gasteiger partial charge < -0.3 is 0 Å². The Morgan fingerprint density at radius 2 is 1.76 bits per heavy atom. The van der Waals surface area contributed by atoms with Crippen LogP contribution in [0.2, 0.25) is 0 Å². The lowest BCUT2D eigenvalue weighted by atomic mass is 10.1. The van der Waals surface area contributed by atoms with Crippen molar-refractivity contribution < 1.29 is 13.2 Å². The maximum absolute atomic E-state index is 13.1. The lowest BCUT2D eigenvalue weighted by Crippen LogP contribution is -2.29. The molecule has 0 spiro atoms. The fourth-order valence-electron chi connectivity index (χ4n) is 3.81. The van der Waals surface area contributed by atoms with Crippen molar-refractivity contribution in [2.75, 3.05) is 16.2 Å². The lowest BCUT2D eigenvalue weighted by molar-refractivity contribution is 0.102. The Bertz CT molecular complexity index is 1520. The Labute approximate surface area is 201 Å². The average Bonchev–Trinajstić information content (AvgIpc) is 3.52. The minimum atomic E-state index is -3.71. The van der Waals surface area contributed by atoms with Crippen LogP contribution in [0, 0.1) is 11.3 Å². The number of rotatable bonds is 5. The van der Waals surface area contributed by atoms with Gasteiger partial charge in [0.25, 0.3) is 15.9 Å². The van der Waals surface area contributed by atoms with Gasteiger partial charge in [0.2, 0.25) is 0 Å². The molecule has 34 heavy (non-hydrogen) atoms. The number of anilines is 2. The molecule has 9 heteroatoms. The summed E-state index contributed by atoms with van der Waals surface area (Å²) in [6.07, 6.45) is 0.675. The minimum absolute atomic E-state index is 0.137. The van der Waals surface area contributed by atoms with Crippen molar-refractivity contribution in [3.05, 3.63) is 94.9 Å². The summed E-state index contributed by atoms with van der Waals surface area (Å²) in [6.45, 7) is 0.398. The Balaban J connectivity index is 1.30. The Morgan fingerprint density at radius 1 is 1.03 bits per heavy atom. The maximum atomic E-state index is 13.1. The van der Waals surface area contributed by atoms with Crippen LogP contribution < -0.4 is 9.62 Å². The normalized spacial score (nSPS) is 12.7. The number of nitrogens with one attached hydrogen (secondary N) is 1. The largest absolute Gasteiger partial charge is 0.298 e. The van der Waals surface area contributed by atoms with Gasteiger partial charge in [-0.3, -0.25) is 14.4 Å². The topological polar surface area (TPSA) is 103 Å². The summed E-state index contributed by atoms with van der Waals surface area (Å²) < 4.78 is 27.7.